The predicted molar refractivity (Wildman–Crippen MR) is 49.0 cm³/mol. The number of hydrogen-bond donors (Lipinski definition) is 2. The van der Waals surface area contributed by atoms with Gasteiger partial charge in [-0.05, 0) is 6.42 Å². The number of carboxylic acid groups (broad SMARTS) is 1. The van der Waals surface area contributed by atoms with Crippen molar-refractivity contribution in [1.29, 1.82) is 0 Å². The summed E-state index contributed by atoms with van der Waals surface area (Å²) in [5, 5.41) is 8.73. The summed E-state index contributed by atoms with van der Waals surface area (Å²) in [6, 6.07) is 0. The summed E-state index contributed by atoms with van der Waals surface area (Å²) in [6.07, 6.45) is 3.77. The molecule has 3 N–H and O–H groups in total. The van der Waals surface area contributed by atoms with Crippen LogP contribution < -0.4 is 5.73 Å². The molecule has 1 unspecified atom stereocenters. The van der Waals surface area contributed by atoms with Crippen LogP contribution in [0, 0.1) is 5.92 Å². The van der Waals surface area contributed by atoms with Crippen LogP contribution in [-0.4, -0.2) is 27.0 Å². The molecular weight excluding hydrogens is 170 g/mol. The largest absolute Gasteiger partial charge is 0.481 e. The minimum atomic E-state index is -0.811. The highest BCUT2D eigenvalue weighted by atomic mass is 28.1. The molecule has 0 rings (SSSR count). The van der Waals surface area contributed by atoms with Crippen LogP contribution in [0.1, 0.15) is 32.6 Å². The average Bonchev–Trinajstić information content (AvgIpc) is 1.96. The van der Waals surface area contributed by atoms with Gasteiger partial charge in [0.1, 0.15) is 0 Å². The Labute approximate surface area is 76.8 Å². The highest BCUT2D eigenvalue weighted by Crippen LogP contribution is 2.11. The molecule has 3 radical (unpaired) electrons. The Morgan fingerprint density at radius 1 is 1.58 bits per heavy atom. The molecule has 2 atom stereocenters. The smallest absolute Gasteiger partial charge is 0.307 e. The zero-order valence-electron chi connectivity index (χ0n) is 7.42. The number of nitrogens with two attached hydrogens (primary N) is 1. The van der Waals surface area contributed by atoms with Crippen LogP contribution in [0.15, 0.2) is 0 Å². The molecule has 0 saturated heterocycles. The Morgan fingerprint density at radius 2 is 2.17 bits per heavy atom. The molecule has 0 spiro atoms. The number of rotatable bonds is 6. The van der Waals surface area contributed by atoms with Crippen molar-refractivity contribution >= 4 is 16.2 Å². The second-order valence-corrected chi connectivity index (χ2v) is 3.63. The van der Waals surface area contributed by atoms with Crippen molar-refractivity contribution in [2.45, 2.75) is 38.3 Å². The SMILES string of the molecule is CCCCC[C@@H](C(=O)O)C(N)[Si]. The maximum Gasteiger partial charge on any atom is 0.307 e. The second-order valence-electron chi connectivity index (χ2n) is 2.97. The molecule has 0 fully saturated rings. The Bertz CT molecular complexity index is 139. The third kappa shape index (κ3) is 4.51. The Kier molecular flexibility index (Phi) is 6.01. The first kappa shape index (κ1) is 11.6. The van der Waals surface area contributed by atoms with E-state index in [1.54, 1.807) is 0 Å². The highest BCUT2D eigenvalue weighted by molar-refractivity contribution is 6.13. The van der Waals surface area contributed by atoms with E-state index in [1.807, 2.05) is 0 Å². The summed E-state index contributed by atoms with van der Waals surface area (Å²) in [4.78, 5) is 10.6. The van der Waals surface area contributed by atoms with E-state index >= 15 is 0 Å². The van der Waals surface area contributed by atoms with Gasteiger partial charge in [0.25, 0.3) is 0 Å². The Morgan fingerprint density at radius 3 is 2.50 bits per heavy atom. The fourth-order valence-electron chi connectivity index (χ4n) is 1.07. The molecule has 4 heteroatoms. The number of carboxylic acids is 1. The van der Waals surface area contributed by atoms with Gasteiger partial charge in [-0.25, -0.2) is 0 Å². The van der Waals surface area contributed by atoms with Crippen molar-refractivity contribution in [3.05, 3.63) is 0 Å². The minimum absolute atomic E-state index is 0.431. The van der Waals surface area contributed by atoms with Crippen LogP contribution in [0.2, 0.25) is 0 Å². The third-order valence-corrected chi connectivity index (χ3v) is 2.27. The molecule has 0 saturated carbocycles. The lowest BCUT2D eigenvalue weighted by atomic mass is 10.0. The predicted octanol–water partition coefficient (Wildman–Crippen LogP) is 0.721. The first-order chi connectivity index (χ1) is 5.59. The normalized spacial score (nSPS) is 15.6. The summed E-state index contributed by atoms with van der Waals surface area (Å²) in [7, 11) is 3.14. The number of unbranched alkanes of at least 4 members (excludes halogenated alkanes) is 2. The van der Waals surface area contributed by atoms with Gasteiger partial charge in [-0.2, -0.15) is 0 Å². The van der Waals surface area contributed by atoms with E-state index < -0.39 is 17.6 Å². The highest BCUT2D eigenvalue weighted by Gasteiger charge is 2.20. The van der Waals surface area contributed by atoms with E-state index in [1.165, 1.54) is 0 Å². The topological polar surface area (TPSA) is 63.3 Å². The van der Waals surface area contributed by atoms with Crippen LogP contribution in [0.5, 0.6) is 0 Å². The molecule has 0 aromatic rings. The summed E-state index contributed by atoms with van der Waals surface area (Å²) in [6.45, 7) is 2.09. The maximum atomic E-state index is 10.6. The van der Waals surface area contributed by atoms with Crippen LogP contribution in [0.25, 0.3) is 0 Å². The van der Waals surface area contributed by atoms with Crippen LogP contribution in [0.3, 0.4) is 0 Å². The standard InChI is InChI=1S/C8H16NO2Si/c1-2-3-4-5-6(7(9)12)8(10)11/h6-7H,2-5,9H2,1H3,(H,10,11)/t6-,7?/m1/s1. The van der Waals surface area contributed by atoms with E-state index in [0.717, 1.165) is 19.3 Å². The van der Waals surface area contributed by atoms with Crippen molar-refractivity contribution in [2.75, 3.05) is 0 Å². The first-order valence-electron chi connectivity index (χ1n) is 4.29. The molecule has 0 aliphatic rings. The molecule has 0 aliphatic carbocycles. The fourth-order valence-corrected chi connectivity index (χ4v) is 1.38. The van der Waals surface area contributed by atoms with E-state index in [-0.39, 0.29) is 0 Å². The molecule has 0 heterocycles. The van der Waals surface area contributed by atoms with Gasteiger partial charge in [-0.15, -0.1) is 0 Å². The van der Waals surface area contributed by atoms with Gasteiger partial charge >= 0.3 is 5.97 Å². The van der Waals surface area contributed by atoms with Crippen molar-refractivity contribution in [1.82, 2.24) is 0 Å². The number of aliphatic carboxylic acids is 1. The van der Waals surface area contributed by atoms with E-state index in [9.17, 15) is 4.79 Å². The van der Waals surface area contributed by atoms with Crippen molar-refractivity contribution in [2.24, 2.45) is 11.7 Å². The maximum absolute atomic E-state index is 10.6. The first-order valence-corrected chi connectivity index (χ1v) is 4.86. The molecule has 0 aromatic carbocycles. The van der Waals surface area contributed by atoms with Crippen LogP contribution in [-0.2, 0) is 4.79 Å². The van der Waals surface area contributed by atoms with Gasteiger partial charge in [0, 0.05) is 15.9 Å². The third-order valence-electron chi connectivity index (χ3n) is 1.87. The van der Waals surface area contributed by atoms with Gasteiger partial charge < -0.3 is 10.8 Å². The molecule has 12 heavy (non-hydrogen) atoms. The second kappa shape index (κ2) is 6.19. The minimum Gasteiger partial charge on any atom is -0.481 e. The lowest BCUT2D eigenvalue weighted by molar-refractivity contribution is -0.142. The van der Waals surface area contributed by atoms with Gasteiger partial charge in [-0.1, -0.05) is 26.2 Å². The average molecular weight is 186 g/mol. The zero-order valence-corrected chi connectivity index (χ0v) is 8.42. The summed E-state index contributed by atoms with van der Waals surface area (Å²) < 4.78 is 0. The van der Waals surface area contributed by atoms with Gasteiger partial charge in [0.2, 0.25) is 0 Å². The van der Waals surface area contributed by atoms with Gasteiger partial charge in [0.05, 0.1) is 5.92 Å². The van der Waals surface area contributed by atoms with Crippen LogP contribution >= 0.6 is 0 Å². The summed E-state index contributed by atoms with van der Waals surface area (Å²) in [5.74, 6) is -1.26. The van der Waals surface area contributed by atoms with E-state index in [0.29, 0.717) is 6.42 Å². The quantitative estimate of drug-likeness (QED) is 0.474. The fraction of sp³-hybridized carbons (Fsp3) is 0.875. The van der Waals surface area contributed by atoms with Crippen LogP contribution in [0.4, 0.5) is 0 Å². The molecular formula is C8H16NO2Si. The number of hydrogen-bond acceptors (Lipinski definition) is 2. The lowest BCUT2D eigenvalue weighted by Gasteiger charge is -2.15. The Hall–Kier alpha value is -0.353. The molecule has 69 valence electrons. The van der Waals surface area contributed by atoms with Crippen molar-refractivity contribution < 1.29 is 9.90 Å². The molecule has 0 aliphatic heterocycles. The van der Waals surface area contributed by atoms with Crippen molar-refractivity contribution in [3.8, 4) is 0 Å². The monoisotopic (exact) mass is 186 g/mol. The molecule has 0 amide bonds. The number of carbonyl (C=O) groups is 1. The van der Waals surface area contributed by atoms with Gasteiger partial charge in [-0.3, -0.25) is 4.79 Å². The van der Waals surface area contributed by atoms with Gasteiger partial charge in [0.15, 0.2) is 0 Å². The van der Waals surface area contributed by atoms with Crippen molar-refractivity contribution in [3.63, 3.8) is 0 Å². The molecule has 3 nitrogen and oxygen atoms in total. The summed E-state index contributed by atoms with van der Waals surface area (Å²) >= 11 is 0. The molecule has 0 aromatic heterocycles. The summed E-state index contributed by atoms with van der Waals surface area (Å²) in [5.41, 5.74) is 5.02. The van der Waals surface area contributed by atoms with E-state index in [2.05, 4.69) is 17.2 Å². The lowest BCUT2D eigenvalue weighted by Crippen LogP contribution is -2.35. The Balaban J connectivity index is 3.72. The zero-order chi connectivity index (χ0) is 9.56. The molecule has 0 bridgehead atoms. The van der Waals surface area contributed by atoms with E-state index in [4.69, 9.17) is 10.8 Å².